The van der Waals surface area contributed by atoms with Crippen molar-refractivity contribution in [3.63, 3.8) is 0 Å². The number of nitrogens with zero attached hydrogens (tertiary/aromatic N) is 3. The Morgan fingerprint density at radius 1 is 0.833 bits per heavy atom. The van der Waals surface area contributed by atoms with Crippen molar-refractivity contribution in [2.75, 3.05) is 26.2 Å². The number of alkyl halides is 6. The molecule has 0 unspecified atom stereocenters. The molecule has 0 saturated carbocycles. The molecule has 264 valence electrons. The van der Waals surface area contributed by atoms with Crippen LogP contribution in [0.25, 0.3) is 0 Å². The smallest absolute Gasteiger partial charge is 0.387 e. The number of hydrogen-bond donors (Lipinski definition) is 1. The minimum Gasteiger partial charge on any atom is -0.387 e. The molecule has 4 aliphatic rings. The van der Waals surface area contributed by atoms with Crippen LogP contribution in [0.4, 0.5) is 26.3 Å². The fraction of sp³-hybridized carbons (Fsp3) is 0.656. The summed E-state index contributed by atoms with van der Waals surface area (Å²) in [6, 6.07) is 3.88. The number of piperidine rings is 2. The van der Waals surface area contributed by atoms with E-state index in [2.05, 4.69) is 23.0 Å². The number of Topliss-reactive ketones (excluding diaryl/α,β-unsaturated/α-hetero) is 2. The second kappa shape index (κ2) is 13.8. The van der Waals surface area contributed by atoms with E-state index in [1.54, 1.807) is 20.8 Å². The summed E-state index contributed by atoms with van der Waals surface area (Å²) in [5, 5.41) is 21.5. The van der Waals surface area contributed by atoms with Crippen molar-refractivity contribution in [3.8, 4) is 12.1 Å². The Morgan fingerprint density at radius 3 is 1.69 bits per heavy atom. The Balaban J connectivity index is 0.000000270. The third-order valence-corrected chi connectivity index (χ3v) is 9.52. The van der Waals surface area contributed by atoms with Crippen LogP contribution in [0.3, 0.4) is 0 Å². The van der Waals surface area contributed by atoms with E-state index in [9.17, 15) is 50.3 Å². The predicted octanol–water partition coefficient (Wildman–Crippen LogP) is 4.76. The average molecular weight is 689 g/mol. The number of fused-ring (bicyclic) bond motifs is 2. The van der Waals surface area contributed by atoms with Crippen molar-refractivity contribution in [2.24, 2.45) is 33.5 Å². The Labute approximate surface area is 274 Å². The largest absolute Gasteiger partial charge is 0.491 e. The van der Waals surface area contributed by atoms with Gasteiger partial charge in [-0.2, -0.15) is 36.9 Å². The normalized spacial score (nSPS) is 28.9. The van der Waals surface area contributed by atoms with Gasteiger partial charge in [-0.25, -0.2) is 4.79 Å². The highest BCUT2D eigenvalue weighted by Crippen LogP contribution is 2.52. The molecule has 0 aromatic heterocycles. The van der Waals surface area contributed by atoms with Crippen molar-refractivity contribution < 1.29 is 55.1 Å². The van der Waals surface area contributed by atoms with E-state index in [1.165, 1.54) is 6.08 Å². The Kier molecular flexibility index (Phi) is 11.6. The Bertz CT molecular complexity index is 1500. The van der Waals surface area contributed by atoms with E-state index in [0.29, 0.717) is 24.8 Å². The lowest BCUT2D eigenvalue weighted by atomic mass is 9.55. The van der Waals surface area contributed by atoms with Gasteiger partial charge >= 0.3 is 30.2 Å². The topological polar surface area (TPSA) is 157 Å². The van der Waals surface area contributed by atoms with Gasteiger partial charge in [0.2, 0.25) is 0 Å². The third-order valence-electron chi connectivity index (χ3n) is 9.52. The number of halogens is 6. The zero-order valence-electron chi connectivity index (χ0n) is 27.6. The zero-order chi connectivity index (χ0) is 37.3. The summed E-state index contributed by atoms with van der Waals surface area (Å²) in [6.45, 7) is 13.6. The van der Waals surface area contributed by atoms with Crippen LogP contribution in [-0.2, 0) is 28.7 Å². The highest BCUT2D eigenvalue weighted by Gasteiger charge is 2.56. The van der Waals surface area contributed by atoms with E-state index in [-0.39, 0.29) is 41.6 Å². The molecule has 1 N–H and O–H groups in total. The molecule has 10 nitrogen and oxygen atoms in total. The van der Waals surface area contributed by atoms with Gasteiger partial charge in [-0.1, -0.05) is 53.7 Å². The van der Waals surface area contributed by atoms with Gasteiger partial charge in [-0.3, -0.25) is 19.2 Å². The summed E-state index contributed by atoms with van der Waals surface area (Å²) in [5.41, 5.74) is -1.81. The highest BCUT2D eigenvalue weighted by molar-refractivity contribution is 6.04. The second-order valence-electron chi connectivity index (χ2n) is 13.9. The number of carbonyl (C=O) groups is 5. The van der Waals surface area contributed by atoms with Gasteiger partial charge in [0.1, 0.15) is 12.1 Å². The molecule has 4 rings (SSSR count). The maximum Gasteiger partial charge on any atom is 0.491 e. The first-order valence-electron chi connectivity index (χ1n) is 14.9. The third kappa shape index (κ3) is 8.32. The van der Waals surface area contributed by atoms with E-state index in [4.69, 9.17) is 10.5 Å². The van der Waals surface area contributed by atoms with Crippen LogP contribution in [0, 0.1) is 56.2 Å². The quantitative estimate of drug-likeness (QED) is 0.215. The average Bonchev–Trinajstić information content (AvgIpc) is 2.95. The summed E-state index contributed by atoms with van der Waals surface area (Å²) >= 11 is 0. The standard InChI is InChI=1S/C15H17F3N2O2.C13H18N2O.C4H3F3O3/c1-13(2)10-4-5-20(12(22)15(16,17)18)8-14(10,3)6-9(7-19)11(13)21;1-12(2)10-4-5-15-8-13(10,3)6-9(7-14)11(12)16;1-2(8)10-3(9)4(5,6)7/h6,10H,4-5,8H2,1-3H3;6,10,15H,4-5,8H2,1-3H3;1H3/t10-,14+;10-,13+;/m11./s1. The van der Waals surface area contributed by atoms with E-state index in [0.717, 1.165) is 24.4 Å². The summed E-state index contributed by atoms with van der Waals surface area (Å²) in [4.78, 5) is 56.2. The molecule has 0 radical (unpaired) electrons. The van der Waals surface area contributed by atoms with Crippen molar-refractivity contribution >= 4 is 29.4 Å². The molecule has 2 aliphatic heterocycles. The number of nitriles is 2. The monoisotopic (exact) mass is 688 g/mol. The number of hydrogen-bond acceptors (Lipinski definition) is 9. The lowest BCUT2D eigenvalue weighted by Crippen LogP contribution is -2.58. The summed E-state index contributed by atoms with van der Waals surface area (Å²) < 4.78 is 74.6. The van der Waals surface area contributed by atoms with E-state index in [1.807, 2.05) is 26.0 Å². The van der Waals surface area contributed by atoms with Crippen molar-refractivity contribution in [2.45, 2.75) is 73.7 Å². The van der Waals surface area contributed by atoms with Crippen LogP contribution in [0.5, 0.6) is 0 Å². The zero-order valence-corrected chi connectivity index (χ0v) is 27.6. The molecule has 0 spiro atoms. The summed E-state index contributed by atoms with van der Waals surface area (Å²) in [6.07, 6.45) is -5.37. The number of ether oxygens (including phenoxy) is 1. The van der Waals surface area contributed by atoms with Crippen LogP contribution in [0.1, 0.15) is 61.3 Å². The van der Waals surface area contributed by atoms with Gasteiger partial charge in [0, 0.05) is 48.2 Å². The molecule has 2 fully saturated rings. The van der Waals surface area contributed by atoms with Crippen LogP contribution in [0.15, 0.2) is 23.3 Å². The minimum atomic E-state index is -5.09. The van der Waals surface area contributed by atoms with Crippen LogP contribution in [0.2, 0.25) is 0 Å². The molecule has 48 heavy (non-hydrogen) atoms. The van der Waals surface area contributed by atoms with Gasteiger partial charge in [0.15, 0.2) is 11.6 Å². The Hall–Kier alpha value is -4.05. The molecule has 2 heterocycles. The number of likely N-dealkylation sites (tertiary alicyclic amines) is 1. The lowest BCUT2D eigenvalue weighted by Gasteiger charge is -2.52. The molecule has 1 amide bonds. The van der Waals surface area contributed by atoms with E-state index < -0.39 is 46.4 Å². The number of ketones is 2. The highest BCUT2D eigenvalue weighted by atomic mass is 19.4. The number of nitrogens with one attached hydrogen (secondary N) is 1. The van der Waals surface area contributed by atoms with Crippen molar-refractivity contribution in [3.05, 3.63) is 23.3 Å². The Morgan fingerprint density at radius 2 is 1.29 bits per heavy atom. The van der Waals surface area contributed by atoms with Crippen molar-refractivity contribution in [1.29, 1.82) is 10.5 Å². The molecule has 16 heteroatoms. The van der Waals surface area contributed by atoms with Gasteiger partial charge in [-0.05, 0) is 31.2 Å². The first-order valence-corrected chi connectivity index (χ1v) is 14.9. The SMILES string of the molecule is CC(=O)OC(=O)C(F)(F)F.CC1(C)C(=O)C(C#N)=C[C@@]2(C)CN(C(=O)C(F)(F)F)CC[C@H]12.CC1(C)C(=O)C(C#N)=C[C@@]2(C)CNCC[C@H]12. The molecular weight excluding hydrogens is 650 g/mol. The molecule has 2 saturated heterocycles. The van der Waals surface area contributed by atoms with Crippen LogP contribution < -0.4 is 5.32 Å². The van der Waals surface area contributed by atoms with Gasteiger partial charge < -0.3 is 15.0 Å². The van der Waals surface area contributed by atoms with E-state index >= 15 is 0 Å². The lowest BCUT2D eigenvalue weighted by molar-refractivity contribution is -0.201. The molecule has 4 atom stereocenters. The van der Waals surface area contributed by atoms with Crippen LogP contribution >= 0.6 is 0 Å². The number of amides is 1. The fourth-order valence-electron chi connectivity index (χ4n) is 7.45. The molecule has 0 aromatic carbocycles. The maximum absolute atomic E-state index is 12.6. The van der Waals surface area contributed by atoms with Gasteiger partial charge in [0.05, 0.1) is 11.1 Å². The first kappa shape index (κ1) is 40.1. The summed E-state index contributed by atoms with van der Waals surface area (Å²) in [7, 11) is 0. The number of allylic oxidation sites excluding steroid dienone is 2. The molecule has 0 aromatic rings. The molecule has 2 aliphatic carbocycles. The van der Waals surface area contributed by atoms with Gasteiger partial charge in [0.25, 0.3) is 0 Å². The maximum atomic E-state index is 12.6. The minimum absolute atomic E-state index is 0.0133. The molecular formula is C32H38F6N4O6. The first-order chi connectivity index (χ1) is 21.7. The number of esters is 2. The molecule has 0 bridgehead atoms. The van der Waals surface area contributed by atoms with Crippen molar-refractivity contribution in [1.82, 2.24) is 10.2 Å². The predicted molar refractivity (Wildman–Crippen MR) is 156 cm³/mol. The number of carbonyl (C=O) groups excluding carboxylic acids is 5. The number of rotatable bonds is 0. The van der Waals surface area contributed by atoms with Crippen LogP contribution in [-0.4, -0.2) is 72.8 Å². The fourth-order valence-corrected chi connectivity index (χ4v) is 7.45. The van der Waals surface area contributed by atoms with Gasteiger partial charge in [-0.15, -0.1) is 0 Å². The summed E-state index contributed by atoms with van der Waals surface area (Å²) in [5.74, 6) is -5.77. The second-order valence-corrected chi connectivity index (χ2v) is 13.9.